The zero-order valence-electron chi connectivity index (χ0n) is 25.1. The zero-order valence-corrected chi connectivity index (χ0v) is 25.9. The summed E-state index contributed by atoms with van der Waals surface area (Å²) >= 11 is 1.41. The van der Waals surface area contributed by atoms with Crippen LogP contribution in [0.15, 0.2) is 53.7 Å². The molecule has 5 aromatic rings. The molecule has 0 spiro atoms. The van der Waals surface area contributed by atoms with Gasteiger partial charge in [0.2, 0.25) is 0 Å². The summed E-state index contributed by atoms with van der Waals surface area (Å²) in [5, 5.41) is 13.5. The van der Waals surface area contributed by atoms with Crippen LogP contribution in [0.4, 0.5) is 14.0 Å². The number of pyridine rings is 2. The number of carbonyl (C=O) groups is 2. The van der Waals surface area contributed by atoms with E-state index < -0.39 is 18.0 Å². The van der Waals surface area contributed by atoms with Gasteiger partial charge in [0.25, 0.3) is 0 Å². The average Bonchev–Trinajstić information content (AvgIpc) is 3.84. The minimum absolute atomic E-state index is 0.0406. The van der Waals surface area contributed by atoms with Gasteiger partial charge < -0.3 is 28.8 Å². The number of carboxylic acid groups (broad SMARTS) is 1. The summed E-state index contributed by atoms with van der Waals surface area (Å²) in [7, 11) is 1.54. The average molecular weight is 644 g/mol. The Bertz CT molecular complexity index is 2070. The summed E-state index contributed by atoms with van der Waals surface area (Å²) in [4.78, 5) is 37.2. The predicted octanol–water partition coefficient (Wildman–Crippen LogP) is 6.12. The molecule has 1 saturated carbocycles. The van der Waals surface area contributed by atoms with Crippen molar-refractivity contribution in [2.45, 2.75) is 30.1 Å². The first-order valence-corrected chi connectivity index (χ1v) is 16.2. The first kappa shape index (κ1) is 28.8. The van der Waals surface area contributed by atoms with Crippen molar-refractivity contribution in [1.29, 1.82) is 0 Å². The van der Waals surface area contributed by atoms with Crippen molar-refractivity contribution < 1.29 is 33.3 Å². The molecule has 4 aliphatic rings. The minimum atomic E-state index is -0.950. The molecule has 46 heavy (non-hydrogen) atoms. The summed E-state index contributed by atoms with van der Waals surface area (Å²) in [6, 6.07) is 12.9. The lowest BCUT2D eigenvalue weighted by molar-refractivity contribution is 0.0512. The molecule has 4 fully saturated rings. The maximum absolute atomic E-state index is 16.9. The summed E-state index contributed by atoms with van der Waals surface area (Å²) in [6.45, 7) is 1.51. The molecule has 0 radical (unpaired) electrons. The third kappa shape index (κ3) is 4.36. The number of ether oxygens (including phenoxy) is 3. The summed E-state index contributed by atoms with van der Waals surface area (Å²) in [5.74, 6) is 0.0533. The standard InChI is InChI=1S/C33H30FN5O6S/c1-43-16-45-20-9-17-5-3-4-6-21(17)22(12-20)27-26(34)28-24(13-35-27)30-23(31(36-28)46-2)11-19(15-37-7-8-44-33(37)42)39(30)29-18-10-25(29)38(14-18)32(40)41/h3-6,9,11-13,18,25,29H,7-8,10,14-16H2,1-2H3,(H,40,41). The van der Waals surface area contributed by atoms with E-state index in [2.05, 4.69) is 4.57 Å². The number of thioether (sulfide) groups is 1. The van der Waals surface area contributed by atoms with Crippen LogP contribution in [-0.2, 0) is 16.0 Å². The van der Waals surface area contributed by atoms with Gasteiger partial charge in [0.15, 0.2) is 12.6 Å². The lowest BCUT2D eigenvalue weighted by Crippen LogP contribution is -2.43. The zero-order chi connectivity index (χ0) is 31.7. The van der Waals surface area contributed by atoms with Crippen LogP contribution in [0, 0.1) is 11.7 Å². The highest BCUT2D eigenvalue weighted by Gasteiger charge is 2.55. The van der Waals surface area contributed by atoms with Gasteiger partial charge in [0, 0.05) is 47.8 Å². The Labute approximate surface area is 266 Å². The molecule has 13 heteroatoms. The van der Waals surface area contributed by atoms with Crippen molar-refractivity contribution >= 4 is 56.5 Å². The van der Waals surface area contributed by atoms with Gasteiger partial charge in [-0.1, -0.05) is 24.3 Å². The quantitative estimate of drug-likeness (QED) is 0.157. The van der Waals surface area contributed by atoms with Gasteiger partial charge in [-0.2, -0.15) is 0 Å². The van der Waals surface area contributed by atoms with Crippen LogP contribution < -0.4 is 4.74 Å². The number of halogens is 1. The topological polar surface area (TPSA) is 119 Å². The fourth-order valence-electron chi connectivity index (χ4n) is 7.39. The minimum Gasteiger partial charge on any atom is -0.468 e. The normalized spacial score (nSPS) is 20.6. The van der Waals surface area contributed by atoms with Crippen LogP contribution in [0.25, 0.3) is 43.8 Å². The third-order valence-corrected chi connectivity index (χ3v) is 10.1. The second-order valence-corrected chi connectivity index (χ2v) is 12.6. The Morgan fingerprint density at radius 1 is 1.20 bits per heavy atom. The third-order valence-electron chi connectivity index (χ3n) is 9.43. The number of hydrogen-bond acceptors (Lipinski definition) is 8. The number of methoxy groups -OCH3 is 1. The van der Waals surface area contributed by atoms with E-state index in [-0.39, 0.29) is 42.5 Å². The second-order valence-electron chi connectivity index (χ2n) is 11.8. The molecule has 236 valence electrons. The summed E-state index contributed by atoms with van der Waals surface area (Å²) in [5.41, 5.74) is 2.44. The van der Waals surface area contributed by atoms with Crippen LogP contribution in [0.2, 0.25) is 0 Å². The highest BCUT2D eigenvalue weighted by atomic mass is 32.2. The highest BCUT2D eigenvalue weighted by Crippen LogP contribution is 2.52. The fraction of sp³-hybridized carbons (Fsp3) is 0.333. The molecule has 1 aliphatic carbocycles. The van der Waals surface area contributed by atoms with Gasteiger partial charge >= 0.3 is 12.2 Å². The van der Waals surface area contributed by atoms with Gasteiger partial charge in [-0.05, 0) is 41.6 Å². The van der Waals surface area contributed by atoms with Crippen LogP contribution in [-0.4, -0.2) is 87.5 Å². The molecule has 1 N–H and O–H groups in total. The Kier molecular flexibility index (Phi) is 6.91. The number of rotatable bonds is 8. The van der Waals surface area contributed by atoms with E-state index >= 15 is 4.39 Å². The molecule has 2 amide bonds. The number of benzene rings is 2. The molecule has 3 aliphatic heterocycles. The van der Waals surface area contributed by atoms with Crippen molar-refractivity contribution in [3.05, 3.63) is 60.2 Å². The molecule has 3 unspecified atom stereocenters. The van der Waals surface area contributed by atoms with Crippen LogP contribution in [0.3, 0.4) is 0 Å². The van der Waals surface area contributed by atoms with E-state index in [1.54, 1.807) is 17.2 Å². The van der Waals surface area contributed by atoms with Crippen molar-refractivity contribution in [1.82, 2.24) is 24.3 Å². The van der Waals surface area contributed by atoms with E-state index in [0.29, 0.717) is 41.4 Å². The highest BCUT2D eigenvalue weighted by molar-refractivity contribution is 7.98. The Balaban J connectivity index is 1.36. The van der Waals surface area contributed by atoms with Gasteiger partial charge in [-0.3, -0.25) is 9.88 Å². The molecule has 2 aromatic carbocycles. The maximum Gasteiger partial charge on any atom is 0.410 e. The second kappa shape index (κ2) is 11.0. The smallest absolute Gasteiger partial charge is 0.410 e. The van der Waals surface area contributed by atoms with E-state index in [0.717, 1.165) is 33.8 Å². The molecule has 11 nitrogen and oxygen atoms in total. The molecule has 2 bridgehead atoms. The molecule has 3 atom stereocenters. The van der Waals surface area contributed by atoms with Crippen LogP contribution in [0.5, 0.6) is 5.75 Å². The monoisotopic (exact) mass is 643 g/mol. The van der Waals surface area contributed by atoms with Crippen LogP contribution in [0.1, 0.15) is 18.2 Å². The lowest BCUT2D eigenvalue weighted by Gasteiger charge is -2.39. The Morgan fingerprint density at radius 3 is 2.78 bits per heavy atom. The summed E-state index contributed by atoms with van der Waals surface area (Å²) < 4.78 is 35.1. The first-order valence-electron chi connectivity index (χ1n) is 15.0. The van der Waals surface area contributed by atoms with Gasteiger partial charge in [-0.15, -0.1) is 11.8 Å². The Morgan fingerprint density at radius 2 is 2.04 bits per heavy atom. The van der Waals surface area contributed by atoms with Crippen molar-refractivity contribution in [3.63, 3.8) is 0 Å². The number of aromatic nitrogens is 3. The Hall–Kier alpha value is -4.62. The number of hydrogen-bond donors (Lipinski definition) is 1. The van der Waals surface area contributed by atoms with E-state index in [9.17, 15) is 14.7 Å². The maximum atomic E-state index is 16.9. The number of carbonyl (C=O) groups excluding carboxylic acids is 1. The van der Waals surface area contributed by atoms with E-state index in [4.69, 9.17) is 24.2 Å². The number of fused-ring (bicyclic) bond motifs is 5. The molecule has 6 heterocycles. The summed E-state index contributed by atoms with van der Waals surface area (Å²) in [6.07, 6.45) is 2.96. The number of cyclic esters (lactones) is 1. The van der Waals surface area contributed by atoms with Crippen molar-refractivity contribution in [2.75, 3.05) is 39.9 Å². The lowest BCUT2D eigenvalue weighted by atomic mass is 9.79. The molecular formula is C33H30FN5O6S. The van der Waals surface area contributed by atoms with Gasteiger partial charge in [0.1, 0.15) is 28.6 Å². The molecule has 3 saturated heterocycles. The first-order chi connectivity index (χ1) is 22.4. The van der Waals surface area contributed by atoms with E-state index in [1.165, 1.54) is 23.8 Å². The number of amides is 2. The molecule has 9 rings (SSSR count). The van der Waals surface area contributed by atoms with Crippen molar-refractivity contribution in [3.8, 4) is 17.0 Å². The largest absolute Gasteiger partial charge is 0.468 e. The van der Waals surface area contributed by atoms with Crippen LogP contribution >= 0.6 is 11.8 Å². The SMILES string of the molecule is COCOc1cc(-c2ncc3c(nc(SC)c4cc(CN5CCOC5=O)n(C5C6CC5N(C(=O)O)C6)c43)c2F)c2ccccc2c1. The van der Waals surface area contributed by atoms with E-state index in [1.807, 2.05) is 42.7 Å². The van der Waals surface area contributed by atoms with Gasteiger partial charge in [-0.25, -0.2) is 19.0 Å². The molecule has 3 aromatic heterocycles. The van der Waals surface area contributed by atoms with Gasteiger partial charge in [0.05, 0.1) is 30.7 Å². The number of nitrogens with zero attached hydrogens (tertiary/aromatic N) is 5. The fourth-order valence-corrected chi connectivity index (χ4v) is 7.95. The van der Waals surface area contributed by atoms with Crippen molar-refractivity contribution in [2.24, 2.45) is 5.92 Å². The predicted molar refractivity (Wildman–Crippen MR) is 170 cm³/mol. The molecular weight excluding hydrogens is 613 g/mol.